The number of carbonyl (C=O) groups is 2. The molecule has 208 valence electrons. The number of carbonyl (C=O) groups excluding carboxylic acids is 2. The number of anilines is 1. The highest BCUT2D eigenvalue weighted by Gasteiger charge is 2.33. The minimum atomic E-state index is -4.18. The van der Waals surface area contributed by atoms with Gasteiger partial charge in [-0.1, -0.05) is 41.9 Å². The fraction of sp³-hybridized carbons (Fsp3) is 0.310. The molecule has 0 saturated heterocycles. The van der Waals surface area contributed by atoms with Crippen LogP contribution in [0.1, 0.15) is 38.8 Å². The Morgan fingerprint density at radius 2 is 1.62 bits per heavy atom. The molecule has 3 rings (SSSR count). The molecule has 0 fully saturated rings. The first kappa shape index (κ1) is 30.1. The number of sulfonamides is 1. The average molecular weight is 574 g/mol. The van der Waals surface area contributed by atoms with Crippen molar-refractivity contribution in [1.82, 2.24) is 10.2 Å². The SMILES string of the molecule is Cc1cc(Cl)ccc1N(CC(=O)N(Cc1ccc(F)cc1)C(C)C(=O)NC(C)(C)C)S(=O)(=O)c1ccccc1. The molecule has 0 bridgehead atoms. The Balaban J connectivity index is 2.05. The predicted octanol–water partition coefficient (Wildman–Crippen LogP) is 5.31. The molecule has 0 heterocycles. The molecule has 3 aromatic carbocycles. The molecule has 3 aromatic rings. The van der Waals surface area contributed by atoms with Crippen molar-refractivity contribution in [1.29, 1.82) is 0 Å². The van der Waals surface area contributed by atoms with Gasteiger partial charge in [0.25, 0.3) is 10.0 Å². The van der Waals surface area contributed by atoms with Crippen molar-refractivity contribution in [3.05, 3.63) is 94.8 Å². The summed E-state index contributed by atoms with van der Waals surface area (Å²) in [6.07, 6.45) is 0. The summed E-state index contributed by atoms with van der Waals surface area (Å²) in [5.41, 5.74) is 0.864. The second kappa shape index (κ2) is 12.2. The lowest BCUT2D eigenvalue weighted by atomic mass is 10.1. The molecule has 0 aliphatic heterocycles. The number of hydrogen-bond donors (Lipinski definition) is 1. The Bertz CT molecular complexity index is 1430. The van der Waals surface area contributed by atoms with E-state index in [0.717, 1.165) is 4.31 Å². The van der Waals surface area contributed by atoms with E-state index < -0.39 is 45.8 Å². The van der Waals surface area contributed by atoms with Crippen molar-refractivity contribution >= 4 is 39.1 Å². The molecule has 0 saturated carbocycles. The van der Waals surface area contributed by atoms with Crippen LogP contribution in [0.25, 0.3) is 0 Å². The van der Waals surface area contributed by atoms with E-state index in [4.69, 9.17) is 11.6 Å². The standard InChI is InChI=1S/C29H33ClFN3O4S/c1-20-17-23(30)13-16-26(20)34(39(37,38)25-9-7-6-8-10-25)19-27(35)33(18-22-11-14-24(31)15-12-22)21(2)28(36)32-29(3,4)5/h6-17,21H,18-19H2,1-5H3,(H,32,36). The van der Waals surface area contributed by atoms with E-state index in [9.17, 15) is 22.4 Å². The van der Waals surface area contributed by atoms with Crippen LogP contribution in [0.3, 0.4) is 0 Å². The van der Waals surface area contributed by atoms with Crippen molar-refractivity contribution in [2.75, 3.05) is 10.8 Å². The minimum Gasteiger partial charge on any atom is -0.350 e. The van der Waals surface area contributed by atoms with Gasteiger partial charge in [-0.3, -0.25) is 13.9 Å². The van der Waals surface area contributed by atoms with Gasteiger partial charge in [0.05, 0.1) is 10.6 Å². The summed E-state index contributed by atoms with van der Waals surface area (Å²) in [6.45, 7) is 8.13. The highest BCUT2D eigenvalue weighted by Crippen LogP contribution is 2.29. The van der Waals surface area contributed by atoms with Gasteiger partial charge in [-0.2, -0.15) is 0 Å². The smallest absolute Gasteiger partial charge is 0.264 e. The molecule has 39 heavy (non-hydrogen) atoms. The summed E-state index contributed by atoms with van der Waals surface area (Å²) in [5, 5.41) is 3.29. The average Bonchev–Trinajstić information content (AvgIpc) is 2.86. The number of nitrogens with zero attached hydrogens (tertiary/aromatic N) is 2. The van der Waals surface area contributed by atoms with E-state index in [1.165, 1.54) is 41.3 Å². The van der Waals surface area contributed by atoms with Crippen molar-refractivity contribution in [3.63, 3.8) is 0 Å². The van der Waals surface area contributed by atoms with Gasteiger partial charge in [0.2, 0.25) is 11.8 Å². The number of nitrogens with one attached hydrogen (secondary N) is 1. The number of hydrogen-bond acceptors (Lipinski definition) is 4. The van der Waals surface area contributed by atoms with Crippen molar-refractivity contribution < 1.29 is 22.4 Å². The van der Waals surface area contributed by atoms with E-state index in [0.29, 0.717) is 16.1 Å². The van der Waals surface area contributed by atoms with Gasteiger partial charge < -0.3 is 10.2 Å². The quantitative estimate of drug-likeness (QED) is 0.376. The summed E-state index contributed by atoms with van der Waals surface area (Å²) in [4.78, 5) is 28.3. The van der Waals surface area contributed by atoms with Crippen LogP contribution in [-0.4, -0.2) is 43.3 Å². The topological polar surface area (TPSA) is 86.8 Å². The first-order valence-corrected chi connectivity index (χ1v) is 14.2. The predicted molar refractivity (Wildman–Crippen MR) is 151 cm³/mol. The molecule has 2 amide bonds. The summed E-state index contributed by atoms with van der Waals surface area (Å²) in [5.74, 6) is -1.45. The molecular formula is C29H33ClFN3O4S. The first-order chi connectivity index (χ1) is 18.2. The molecule has 10 heteroatoms. The summed E-state index contributed by atoms with van der Waals surface area (Å²) >= 11 is 6.13. The molecule has 0 aromatic heterocycles. The summed E-state index contributed by atoms with van der Waals surface area (Å²) in [6, 6.07) is 17.1. The Labute approximate surface area is 234 Å². The highest BCUT2D eigenvalue weighted by molar-refractivity contribution is 7.92. The van der Waals surface area contributed by atoms with Gasteiger partial charge in [-0.25, -0.2) is 12.8 Å². The lowest BCUT2D eigenvalue weighted by Crippen LogP contribution is -2.54. The Morgan fingerprint density at radius 1 is 1.00 bits per heavy atom. The maximum atomic E-state index is 13.9. The lowest BCUT2D eigenvalue weighted by molar-refractivity contribution is -0.140. The van der Waals surface area contributed by atoms with E-state index in [-0.39, 0.29) is 17.1 Å². The van der Waals surface area contributed by atoms with Crippen molar-refractivity contribution in [2.24, 2.45) is 0 Å². The number of rotatable bonds is 9. The minimum absolute atomic E-state index is 0.00996. The molecule has 7 nitrogen and oxygen atoms in total. The first-order valence-electron chi connectivity index (χ1n) is 12.4. The molecule has 1 unspecified atom stereocenters. The van der Waals surface area contributed by atoms with Gasteiger partial charge >= 0.3 is 0 Å². The number of halogens is 2. The third-order valence-electron chi connectivity index (χ3n) is 5.97. The Hall–Kier alpha value is -3.43. The van der Waals surface area contributed by atoms with E-state index in [1.807, 2.05) is 20.8 Å². The van der Waals surface area contributed by atoms with Crippen LogP contribution in [0.4, 0.5) is 10.1 Å². The van der Waals surface area contributed by atoms with Gasteiger partial charge in [0, 0.05) is 17.1 Å². The van der Waals surface area contributed by atoms with Crippen LogP contribution in [0, 0.1) is 12.7 Å². The van der Waals surface area contributed by atoms with Crippen LogP contribution in [-0.2, 0) is 26.2 Å². The van der Waals surface area contributed by atoms with Crippen molar-refractivity contribution in [3.8, 4) is 0 Å². The number of amides is 2. The largest absolute Gasteiger partial charge is 0.350 e. The normalized spacial score (nSPS) is 12.5. The van der Waals surface area contributed by atoms with Crippen LogP contribution >= 0.6 is 11.6 Å². The molecule has 1 atom stereocenters. The zero-order chi connectivity index (χ0) is 29.0. The highest BCUT2D eigenvalue weighted by atomic mass is 35.5. The van der Waals surface area contributed by atoms with Gasteiger partial charge in [-0.15, -0.1) is 0 Å². The van der Waals surface area contributed by atoms with Gasteiger partial charge in [0.1, 0.15) is 18.4 Å². The second-order valence-electron chi connectivity index (χ2n) is 10.3. The molecule has 0 aliphatic rings. The Kier molecular flexibility index (Phi) is 9.40. The fourth-order valence-electron chi connectivity index (χ4n) is 3.97. The van der Waals surface area contributed by atoms with E-state index in [1.54, 1.807) is 50.2 Å². The van der Waals surface area contributed by atoms with Crippen LogP contribution in [0.15, 0.2) is 77.7 Å². The van der Waals surface area contributed by atoms with E-state index in [2.05, 4.69) is 5.32 Å². The third kappa shape index (κ3) is 7.80. The van der Waals surface area contributed by atoms with E-state index >= 15 is 0 Å². The van der Waals surface area contributed by atoms with Gasteiger partial charge in [-0.05, 0) is 88.2 Å². The zero-order valence-corrected chi connectivity index (χ0v) is 24.2. The second-order valence-corrected chi connectivity index (χ2v) is 12.6. The van der Waals surface area contributed by atoms with Crippen LogP contribution in [0.5, 0.6) is 0 Å². The monoisotopic (exact) mass is 573 g/mol. The molecular weight excluding hydrogens is 541 g/mol. The molecule has 0 radical (unpaired) electrons. The number of benzene rings is 3. The lowest BCUT2D eigenvalue weighted by Gasteiger charge is -2.33. The Morgan fingerprint density at radius 3 is 2.18 bits per heavy atom. The third-order valence-corrected chi connectivity index (χ3v) is 7.98. The molecule has 1 N–H and O–H groups in total. The van der Waals surface area contributed by atoms with Crippen LogP contribution in [0.2, 0.25) is 5.02 Å². The summed E-state index contributed by atoms with van der Waals surface area (Å²) in [7, 11) is -4.18. The zero-order valence-electron chi connectivity index (χ0n) is 22.6. The van der Waals surface area contributed by atoms with Crippen LogP contribution < -0.4 is 9.62 Å². The maximum absolute atomic E-state index is 13.9. The maximum Gasteiger partial charge on any atom is 0.264 e. The fourth-order valence-corrected chi connectivity index (χ4v) is 5.70. The van der Waals surface area contributed by atoms with Gasteiger partial charge in [0.15, 0.2) is 0 Å². The molecule has 0 spiro atoms. The number of aryl methyl sites for hydroxylation is 1. The summed E-state index contributed by atoms with van der Waals surface area (Å²) < 4.78 is 42.2. The molecule has 0 aliphatic carbocycles. The van der Waals surface area contributed by atoms with Crippen molar-refractivity contribution in [2.45, 2.75) is 57.6 Å².